The van der Waals surface area contributed by atoms with Gasteiger partial charge in [0.15, 0.2) is 5.82 Å². The Hall–Kier alpha value is -1.31. The fourth-order valence-corrected chi connectivity index (χ4v) is 5.26. The minimum Gasteiger partial charge on any atom is -0.395 e. The second-order valence-corrected chi connectivity index (χ2v) is 9.74. The maximum Gasteiger partial charge on any atom is 0.227 e. The lowest BCUT2D eigenvalue weighted by molar-refractivity contribution is 0.101. The topological polar surface area (TPSA) is 64.5 Å². The molecule has 168 valence electrons. The summed E-state index contributed by atoms with van der Waals surface area (Å²) in [6.45, 7) is 7.10. The van der Waals surface area contributed by atoms with Gasteiger partial charge in [-0.05, 0) is 55.8 Å². The molecule has 1 aromatic carbocycles. The summed E-state index contributed by atoms with van der Waals surface area (Å²) in [7, 11) is 0. The van der Waals surface area contributed by atoms with E-state index < -0.39 is 0 Å². The molecule has 2 N–H and O–H groups in total. The molecule has 3 heterocycles. The number of likely N-dealkylation sites (tertiary alicyclic amines) is 1. The average molecular weight is 485 g/mol. The standard InChI is InChI=1S/C22H28Cl3N5O/c1-14(18-5-4-17(23)9-19(18)24)27-21-20(25)10-26-22(28-21)30-12-16(13-30)15-3-2-6-29(11-15)7-8-31/h4-5,9-10,14-16,31H,2-3,6-8,11-13H2,1H3,(H,26,27,28). The number of piperidine rings is 1. The summed E-state index contributed by atoms with van der Waals surface area (Å²) in [6.07, 6.45) is 4.12. The van der Waals surface area contributed by atoms with Crippen LogP contribution in [0.4, 0.5) is 11.8 Å². The first-order valence-electron chi connectivity index (χ1n) is 10.8. The second-order valence-electron chi connectivity index (χ2n) is 8.49. The Labute approximate surface area is 198 Å². The van der Waals surface area contributed by atoms with Crippen molar-refractivity contribution in [1.82, 2.24) is 14.9 Å². The Morgan fingerprint density at radius 1 is 1.16 bits per heavy atom. The van der Waals surface area contributed by atoms with Crippen molar-refractivity contribution in [2.75, 3.05) is 49.5 Å². The highest BCUT2D eigenvalue weighted by Gasteiger charge is 2.37. The van der Waals surface area contributed by atoms with E-state index in [1.807, 2.05) is 19.1 Å². The Bertz CT molecular complexity index is 907. The molecule has 0 saturated carbocycles. The van der Waals surface area contributed by atoms with Gasteiger partial charge in [-0.2, -0.15) is 4.98 Å². The van der Waals surface area contributed by atoms with Crippen LogP contribution in [0.25, 0.3) is 0 Å². The van der Waals surface area contributed by atoms with E-state index in [0.717, 1.165) is 38.3 Å². The van der Waals surface area contributed by atoms with Crippen LogP contribution in [0.3, 0.4) is 0 Å². The summed E-state index contributed by atoms with van der Waals surface area (Å²) < 4.78 is 0. The van der Waals surface area contributed by atoms with Gasteiger partial charge in [-0.1, -0.05) is 40.9 Å². The lowest BCUT2D eigenvalue weighted by Crippen LogP contribution is -2.54. The first kappa shape index (κ1) is 22.9. The molecule has 2 saturated heterocycles. The van der Waals surface area contributed by atoms with Gasteiger partial charge in [0, 0.05) is 36.2 Å². The van der Waals surface area contributed by atoms with E-state index in [1.165, 1.54) is 12.8 Å². The lowest BCUT2D eigenvalue weighted by Gasteiger charge is -2.46. The number of anilines is 2. The predicted molar refractivity (Wildman–Crippen MR) is 127 cm³/mol. The molecule has 2 aliphatic heterocycles. The van der Waals surface area contributed by atoms with Crippen LogP contribution in [-0.4, -0.2) is 59.3 Å². The van der Waals surface area contributed by atoms with E-state index in [9.17, 15) is 5.11 Å². The third kappa shape index (κ3) is 5.37. The van der Waals surface area contributed by atoms with Crippen LogP contribution in [0.2, 0.25) is 15.1 Å². The third-order valence-corrected chi connectivity index (χ3v) is 7.17. The van der Waals surface area contributed by atoms with Gasteiger partial charge in [0.1, 0.15) is 5.02 Å². The van der Waals surface area contributed by atoms with Crippen molar-refractivity contribution in [3.8, 4) is 0 Å². The summed E-state index contributed by atoms with van der Waals surface area (Å²) in [5.74, 6) is 2.61. The summed E-state index contributed by atoms with van der Waals surface area (Å²) in [5, 5.41) is 14.3. The number of halogens is 3. The van der Waals surface area contributed by atoms with Crippen molar-refractivity contribution in [2.45, 2.75) is 25.8 Å². The van der Waals surface area contributed by atoms with Crippen LogP contribution in [0.5, 0.6) is 0 Å². The molecule has 0 amide bonds. The number of rotatable bonds is 7. The molecule has 1 aromatic heterocycles. The molecular weight excluding hydrogens is 457 g/mol. The molecule has 0 radical (unpaired) electrons. The Balaban J connectivity index is 1.38. The van der Waals surface area contributed by atoms with Gasteiger partial charge in [-0.25, -0.2) is 4.98 Å². The fraction of sp³-hybridized carbons (Fsp3) is 0.545. The molecule has 4 rings (SSSR count). The maximum atomic E-state index is 9.22. The summed E-state index contributed by atoms with van der Waals surface area (Å²) in [6, 6.07) is 5.37. The van der Waals surface area contributed by atoms with Gasteiger partial charge in [0.05, 0.1) is 18.8 Å². The number of hydrogen-bond acceptors (Lipinski definition) is 6. The van der Waals surface area contributed by atoms with Crippen molar-refractivity contribution >= 4 is 46.6 Å². The minimum atomic E-state index is -0.0890. The van der Waals surface area contributed by atoms with E-state index in [-0.39, 0.29) is 12.6 Å². The fourth-order valence-electron chi connectivity index (χ4n) is 4.54. The van der Waals surface area contributed by atoms with Crippen LogP contribution in [0, 0.1) is 11.8 Å². The normalized spacial score (nSPS) is 21.1. The lowest BCUT2D eigenvalue weighted by atomic mass is 9.81. The Morgan fingerprint density at radius 3 is 2.71 bits per heavy atom. The predicted octanol–water partition coefficient (Wildman–Crippen LogP) is 4.75. The average Bonchev–Trinajstić information content (AvgIpc) is 2.70. The molecule has 2 fully saturated rings. The molecular formula is C22H28Cl3N5O. The van der Waals surface area contributed by atoms with Gasteiger partial charge in [0.2, 0.25) is 5.95 Å². The number of aliphatic hydroxyl groups is 1. The highest BCUT2D eigenvalue weighted by atomic mass is 35.5. The van der Waals surface area contributed by atoms with Crippen molar-refractivity contribution in [3.05, 3.63) is 45.0 Å². The zero-order valence-corrected chi connectivity index (χ0v) is 19.8. The molecule has 6 nitrogen and oxygen atoms in total. The molecule has 0 spiro atoms. The van der Waals surface area contributed by atoms with E-state index >= 15 is 0 Å². The molecule has 9 heteroatoms. The number of nitrogens with one attached hydrogen (secondary N) is 1. The number of nitrogens with zero attached hydrogens (tertiary/aromatic N) is 4. The van der Waals surface area contributed by atoms with Gasteiger partial charge >= 0.3 is 0 Å². The first-order chi connectivity index (χ1) is 14.9. The number of hydrogen-bond donors (Lipinski definition) is 2. The molecule has 2 unspecified atom stereocenters. The quantitative estimate of drug-likeness (QED) is 0.591. The summed E-state index contributed by atoms with van der Waals surface area (Å²) in [5.41, 5.74) is 0.927. The van der Waals surface area contributed by atoms with Crippen LogP contribution < -0.4 is 10.2 Å². The Kier molecular flexibility index (Phi) is 7.44. The van der Waals surface area contributed by atoms with Gasteiger partial charge < -0.3 is 20.2 Å². The molecule has 2 aliphatic rings. The number of aliphatic hydroxyl groups excluding tert-OH is 1. The van der Waals surface area contributed by atoms with Crippen molar-refractivity contribution in [3.63, 3.8) is 0 Å². The summed E-state index contributed by atoms with van der Waals surface area (Å²) in [4.78, 5) is 13.7. The smallest absolute Gasteiger partial charge is 0.227 e. The zero-order chi connectivity index (χ0) is 22.0. The summed E-state index contributed by atoms with van der Waals surface area (Å²) >= 11 is 18.7. The third-order valence-electron chi connectivity index (χ3n) is 6.33. The van der Waals surface area contributed by atoms with Crippen molar-refractivity contribution in [1.29, 1.82) is 0 Å². The van der Waals surface area contributed by atoms with Gasteiger partial charge in [-0.3, -0.25) is 0 Å². The minimum absolute atomic E-state index is 0.0890. The monoisotopic (exact) mass is 483 g/mol. The van der Waals surface area contributed by atoms with E-state index in [2.05, 4.69) is 20.1 Å². The Morgan fingerprint density at radius 2 is 1.97 bits per heavy atom. The van der Waals surface area contributed by atoms with Crippen molar-refractivity contribution in [2.24, 2.45) is 11.8 Å². The van der Waals surface area contributed by atoms with E-state index in [4.69, 9.17) is 39.8 Å². The van der Waals surface area contributed by atoms with Crippen LogP contribution >= 0.6 is 34.8 Å². The van der Waals surface area contributed by atoms with Gasteiger partial charge in [0.25, 0.3) is 0 Å². The van der Waals surface area contributed by atoms with E-state index in [0.29, 0.717) is 38.7 Å². The molecule has 31 heavy (non-hydrogen) atoms. The molecule has 2 aromatic rings. The molecule has 0 aliphatic carbocycles. The first-order valence-corrected chi connectivity index (χ1v) is 11.9. The van der Waals surface area contributed by atoms with Crippen LogP contribution in [-0.2, 0) is 0 Å². The molecule has 2 atom stereocenters. The number of aromatic nitrogens is 2. The van der Waals surface area contributed by atoms with Crippen LogP contribution in [0.15, 0.2) is 24.4 Å². The molecule has 0 bridgehead atoms. The second kappa shape index (κ2) is 10.1. The number of benzene rings is 1. The highest BCUT2D eigenvalue weighted by Crippen LogP contribution is 2.35. The zero-order valence-electron chi connectivity index (χ0n) is 17.6. The van der Waals surface area contributed by atoms with E-state index in [1.54, 1.807) is 12.3 Å². The van der Waals surface area contributed by atoms with Crippen LogP contribution in [0.1, 0.15) is 31.4 Å². The van der Waals surface area contributed by atoms with Gasteiger partial charge in [-0.15, -0.1) is 0 Å². The highest BCUT2D eigenvalue weighted by molar-refractivity contribution is 6.35. The largest absolute Gasteiger partial charge is 0.395 e. The van der Waals surface area contributed by atoms with Crippen molar-refractivity contribution < 1.29 is 5.11 Å². The maximum absolute atomic E-state index is 9.22. The SMILES string of the molecule is CC(Nc1nc(N2CC(C3CCCN(CCO)C3)C2)ncc1Cl)c1ccc(Cl)cc1Cl. The number of β-amino-alcohol motifs (C(OH)–C–C–N with tert-alkyl or cyclic N) is 1.